The Bertz CT molecular complexity index is 1560. The number of nitro groups is 1. The molecule has 0 radical (unpaired) electrons. The van der Waals surface area contributed by atoms with E-state index in [1.165, 1.54) is 18.2 Å². The van der Waals surface area contributed by atoms with E-state index >= 15 is 0 Å². The summed E-state index contributed by atoms with van der Waals surface area (Å²) in [4.78, 5) is 49.5. The minimum atomic E-state index is -0.704. The number of anilines is 1. The minimum absolute atomic E-state index is 0.00917. The Hall–Kier alpha value is -5.45. The number of nitrogens with zero attached hydrogens (tertiary/aromatic N) is 2. The molecule has 11 heteroatoms. The van der Waals surface area contributed by atoms with E-state index < -0.39 is 29.3 Å². The van der Waals surface area contributed by atoms with Gasteiger partial charge in [-0.1, -0.05) is 18.2 Å². The van der Waals surface area contributed by atoms with E-state index in [4.69, 9.17) is 9.47 Å². The van der Waals surface area contributed by atoms with Gasteiger partial charge in [0.25, 0.3) is 11.6 Å². The number of nitrogens with one attached hydrogen (secondary N) is 2. The van der Waals surface area contributed by atoms with Crippen molar-refractivity contribution in [3.05, 3.63) is 111 Å². The molecule has 1 heterocycles. The molecule has 3 aromatic carbocycles. The largest absolute Gasteiger partial charge is 0.490 e. The smallest absolute Gasteiger partial charge is 0.329 e. The van der Waals surface area contributed by atoms with E-state index in [2.05, 4.69) is 17.2 Å². The Labute approximate surface area is 242 Å². The first-order valence-electron chi connectivity index (χ1n) is 13.2. The molecule has 0 spiro atoms. The first kappa shape index (κ1) is 29.5. The maximum Gasteiger partial charge on any atom is 0.329 e. The lowest BCUT2D eigenvalue weighted by Crippen LogP contribution is -2.38. The van der Waals surface area contributed by atoms with Gasteiger partial charge < -0.3 is 20.1 Å². The Morgan fingerprint density at radius 1 is 1.12 bits per heavy atom. The van der Waals surface area contributed by atoms with Crippen molar-refractivity contribution in [2.75, 3.05) is 18.5 Å². The number of imide groups is 1. The fourth-order valence-electron chi connectivity index (χ4n) is 4.32. The van der Waals surface area contributed by atoms with Gasteiger partial charge in [-0.25, -0.2) is 9.69 Å². The Balaban J connectivity index is 1.54. The monoisotopic (exact) mass is 570 g/mol. The normalized spacial score (nSPS) is 13.6. The average Bonchev–Trinajstić information content (AvgIpc) is 3.20. The first-order chi connectivity index (χ1) is 20.2. The van der Waals surface area contributed by atoms with E-state index in [0.29, 0.717) is 35.8 Å². The van der Waals surface area contributed by atoms with Crippen LogP contribution in [0, 0.1) is 17.0 Å². The first-order valence-corrected chi connectivity index (χ1v) is 13.2. The SMILES string of the molecule is C=CCc1cc(/C=C2/NC(=O)N(CC(=O)Nc3cccc(C)c3)C2=O)cc(OCC)c1OCc1ccc([N+](=O)[O-])cc1. The number of nitro benzene ring substituents is 1. The molecular formula is C31H30N4O7. The molecule has 1 saturated heterocycles. The highest BCUT2D eigenvalue weighted by molar-refractivity contribution is 6.16. The number of urea groups is 1. The number of hydrogen-bond donors (Lipinski definition) is 2. The predicted molar refractivity (Wildman–Crippen MR) is 157 cm³/mol. The van der Waals surface area contributed by atoms with Gasteiger partial charge in [-0.2, -0.15) is 0 Å². The number of rotatable bonds is 12. The lowest BCUT2D eigenvalue weighted by molar-refractivity contribution is -0.384. The zero-order valence-corrected chi connectivity index (χ0v) is 23.2. The number of ether oxygens (including phenoxy) is 2. The molecule has 11 nitrogen and oxygen atoms in total. The fourth-order valence-corrected chi connectivity index (χ4v) is 4.32. The lowest BCUT2D eigenvalue weighted by Gasteiger charge is -2.17. The van der Waals surface area contributed by atoms with Crippen LogP contribution in [0.1, 0.15) is 29.2 Å². The molecule has 3 aromatic rings. The molecule has 0 atom stereocenters. The molecule has 0 bridgehead atoms. The number of benzene rings is 3. The van der Waals surface area contributed by atoms with E-state index in [9.17, 15) is 24.5 Å². The van der Waals surface area contributed by atoms with Crippen LogP contribution in [0.2, 0.25) is 0 Å². The van der Waals surface area contributed by atoms with Gasteiger partial charge in [0, 0.05) is 23.4 Å². The second kappa shape index (κ2) is 13.3. The van der Waals surface area contributed by atoms with Crippen LogP contribution in [-0.4, -0.2) is 40.8 Å². The molecule has 1 fully saturated rings. The van der Waals surface area contributed by atoms with Crippen molar-refractivity contribution < 1.29 is 28.8 Å². The maximum absolute atomic E-state index is 13.1. The molecule has 2 N–H and O–H groups in total. The summed E-state index contributed by atoms with van der Waals surface area (Å²) in [5.41, 5.74) is 3.52. The number of hydrogen-bond acceptors (Lipinski definition) is 7. The number of carbonyl (C=O) groups excluding carboxylic acids is 3. The number of allylic oxidation sites excluding steroid dienone is 1. The van der Waals surface area contributed by atoms with E-state index in [0.717, 1.165) is 21.6 Å². The molecule has 42 heavy (non-hydrogen) atoms. The van der Waals surface area contributed by atoms with Crippen molar-refractivity contribution in [2.45, 2.75) is 26.9 Å². The number of carbonyl (C=O) groups is 3. The van der Waals surface area contributed by atoms with Crippen molar-refractivity contribution in [3.63, 3.8) is 0 Å². The van der Waals surface area contributed by atoms with Crippen molar-refractivity contribution in [1.82, 2.24) is 10.2 Å². The van der Waals surface area contributed by atoms with E-state index in [-0.39, 0.29) is 18.0 Å². The number of non-ortho nitro benzene ring substituents is 1. The minimum Gasteiger partial charge on any atom is -0.490 e. The van der Waals surface area contributed by atoms with Gasteiger partial charge in [0.05, 0.1) is 11.5 Å². The van der Waals surface area contributed by atoms with Crippen LogP contribution in [0.25, 0.3) is 6.08 Å². The molecule has 1 aliphatic heterocycles. The highest BCUT2D eigenvalue weighted by atomic mass is 16.6. The van der Waals surface area contributed by atoms with Crippen LogP contribution in [0.15, 0.2) is 79.0 Å². The summed E-state index contributed by atoms with van der Waals surface area (Å²) in [6.07, 6.45) is 3.62. The fraction of sp³-hybridized carbons (Fsp3) is 0.194. The van der Waals surface area contributed by atoms with Crippen LogP contribution < -0.4 is 20.1 Å². The second-order valence-electron chi connectivity index (χ2n) is 9.44. The highest BCUT2D eigenvalue weighted by Crippen LogP contribution is 2.35. The molecule has 4 rings (SSSR count). The topological polar surface area (TPSA) is 140 Å². The summed E-state index contributed by atoms with van der Waals surface area (Å²) >= 11 is 0. The van der Waals surface area contributed by atoms with E-state index in [1.54, 1.807) is 48.5 Å². The molecule has 4 amide bonds. The van der Waals surface area contributed by atoms with Gasteiger partial charge in [-0.05, 0) is 79.4 Å². The third-order valence-electron chi connectivity index (χ3n) is 6.23. The van der Waals surface area contributed by atoms with Gasteiger partial charge in [0.1, 0.15) is 18.8 Å². The van der Waals surface area contributed by atoms with Crippen molar-refractivity contribution >= 4 is 35.3 Å². The van der Waals surface area contributed by atoms with Gasteiger partial charge in [0.2, 0.25) is 5.91 Å². The van der Waals surface area contributed by atoms with Gasteiger partial charge >= 0.3 is 6.03 Å². The maximum atomic E-state index is 13.1. The van der Waals surface area contributed by atoms with Gasteiger partial charge in [0.15, 0.2) is 11.5 Å². The zero-order chi connectivity index (χ0) is 30.2. The average molecular weight is 571 g/mol. The van der Waals surface area contributed by atoms with E-state index in [1.807, 2.05) is 19.9 Å². The Morgan fingerprint density at radius 3 is 2.55 bits per heavy atom. The third-order valence-corrected chi connectivity index (χ3v) is 6.23. The van der Waals surface area contributed by atoms with Crippen molar-refractivity contribution in [2.24, 2.45) is 0 Å². The Kier molecular flexibility index (Phi) is 9.33. The summed E-state index contributed by atoms with van der Waals surface area (Å²) in [6, 6.07) is 16.0. The standard InChI is InChI=1S/C31H30N4O7/c1-4-7-23-15-22(17-27(41-5-2)29(23)42-19-21-10-12-25(13-11-21)35(39)40)16-26-30(37)34(31(38)33-26)18-28(36)32-24-9-6-8-20(3)14-24/h4,6,8-17H,1,5,7,18-19H2,2-3H3,(H,32,36)(H,33,38)/b26-16+. The van der Waals surface area contributed by atoms with Crippen LogP contribution >= 0.6 is 0 Å². The Morgan fingerprint density at radius 2 is 1.88 bits per heavy atom. The summed E-state index contributed by atoms with van der Waals surface area (Å²) in [6.45, 7) is 7.54. The number of amides is 4. The van der Waals surface area contributed by atoms with Crippen LogP contribution in [0.4, 0.5) is 16.2 Å². The van der Waals surface area contributed by atoms with Crippen molar-refractivity contribution in [1.29, 1.82) is 0 Å². The summed E-state index contributed by atoms with van der Waals surface area (Å²) in [7, 11) is 0. The molecule has 0 aromatic heterocycles. The molecule has 0 unspecified atom stereocenters. The molecule has 0 aliphatic carbocycles. The second-order valence-corrected chi connectivity index (χ2v) is 9.44. The molecule has 1 aliphatic rings. The van der Waals surface area contributed by atoms with Crippen LogP contribution in [0.3, 0.4) is 0 Å². The number of aryl methyl sites for hydroxylation is 1. The summed E-state index contributed by atoms with van der Waals surface area (Å²) < 4.78 is 11.9. The lowest BCUT2D eigenvalue weighted by atomic mass is 10.0. The van der Waals surface area contributed by atoms with Crippen LogP contribution in [0.5, 0.6) is 11.5 Å². The van der Waals surface area contributed by atoms with Gasteiger partial charge in [-0.3, -0.25) is 19.7 Å². The van der Waals surface area contributed by atoms with Gasteiger partial charge in [-0.15, -0.1) is 6.58 Å². The third kappa shape index (κ3) is 7.19. The van der Waals surface area contributed by atoms with Crippen LogP contribution in [-0.2, 0) is 22.6 Å². The molecular weight excluding hydrogens is 540 g/mol. The van der Waals surface area contributed by atoms with Crippen molar-refractivity contribution in [3.8, 4) is 11.5 Å². The highest BCUT2D eigenvalue weighted by Gasteiger charge is 2.35. The molecule has 0 saturated carbocycles. The quantitative estimate of drug-likeness (QED) is 0.101. The summed E-state index contributed by atoms with van der Waals surface area (Å²) in [5, 5.41) is 16.2. The zero-order valence-electron chi connectivity index (χ0n) is 23.2. The molecule has 216 valence electrons. The predicted octanol–water partition coefficient (Wildman–Crippen LogP) is 5.14. The summed E-state index contributed by atoms with van der Waals surface area (Å²) in [5.74, 6) is -0.266.